The first-order valence-electron chi connectivity index (χ1n) is 9.15. The van der Waals surface area contributed by atoms with E-state index in [1.165, 1.54) is 0 Å². The summed E-state index contributed by atoms with van der Waals surface area (Å²) in [4.78, 5) is 27.6. The van der Waals surface area contributed by atoms with Gasteiger partial charge in [0.25, 0.3) is 5.91 Å². The van der Waals surface area contributed by atoms with Gasteiger partial charge >= 0.3 is 0 Å². The van der Waals surface area contributed by atoms with Crippen molar-refractivity contribution in [3.05, 3.63) is 66.2 Å². The lowest BCUT2D eigenvalue weighted by Crippen LogP contribution is -2.31. The lowest BCUT2D eigenvalue weighted by molar-refractivity contribution is 0.0733. The number of methoxy groups -OCH3 is 1. The Morgan fingerprint density at radius 3 is 2.64 bits per heavy atom. The van der Waals surface area contributed by atoms with E-state index in [1.54, 1.807) is 37.8 Å². The topological polar surface area (TPSA) is 94.2 Å². The first kappa shape index (κ1) is 17.9. The van der Waals surface area contributed by atoms with Crippen LogP contribution >= 0.6 is 0 Å². The van der Waals surface area contributed by atoms with Crippen LogP contribution in [-0.2, 0) is 0 Å². The summed E-state index contributed by atoms with van der Waals surface area (Å²) in [6.07, 6.45) is 6.73. The van der Waals surface area contributed by atoms with Gasteiger partial charge in [-0.1, -0.05) is 12.1 Å². The van der Waals surface area contributed by atoms with E-state index in [1.807, 2.05) is 29.2 Å². The summed E-state index contributed by atoms with van der Waals surface area (Å²) in [5.41, 5.74) is 9.12. The number of hydrogen-bond donors (Lipinski definition) is 1. The van der Waals surface area contributed by atoms with E-state index >= 15 is 0 Å². The average molecular weight is 375 g/mol. The van der Waals surface area contributed by atoms with Crippen molar-refractivity contribution in [1.29, 1.82) is 0 Å². The minimum absolute atomic E-state index is 0.0252. The molecule has 142 valence electrons. The molecule has 7 heteroatoms. The molecule has 2 N–H and O–H groups in total. The third-order valence-electron chi connectivity index (χ3n) is 4.99. The van der Waals surface area contributed by atoms with E-state index < -0.39 is 0 Å². The van der Waals surface area contributed by atoms with Crippen LogP contribution in [0.15, 0.2) is 55.0 Å². The third kappa shape index (κ3) is 3.38. The van der Waals surface area contributed by atoms with E-state index in [0.717, 1.165) is 35.4 Å². The first-order chi connectivity index (χ1) is 13.7. The third-order valence-corrected chi connectivity index (χ3v) is 4.99. The van der Waals surface area contributed by atoms with Gasteiger partial charge in [0.05, 0.1) is 18.8 Å². The molecule has 3 heterocycles. The van der Waals surface area contributed by atoms with Crippen LogP contribution in [0.2, 0.25) is 0 Å². The lowest BCUT2D eigenvalue weighted by Gasteiger charge is -2.26. The average Bonchev–Trinajstić information content (AvgIpc) is 3.23. The van der Waals surface area contributed by atoms with Crippen molar-refractivity contribution in [2.75, 3.05) is 19.4 Å². The van der Waals surface area contributed by atoms with Crippen molar-refractivity contribution in [2.24, 2.45) is 0 Å². The summed E-state index contributed by atoms with van der Waals surface area (Å²) in [5.74, 6) is 0.954. The number of nitrogens with zero attached hydrogens (tertiary/aromatic N) is 4. The predicted octanol–water partition coefficient (Wildman–Crippen LogP) is 3.11. The summed E-state index contributed by atoms with van der Waals surface area (Å²) in [5, 5.41) is 0. The zero-order valence-electron chi connectivity index (χ0n) is 15.6. The number of pyridine rings is 1. The van der Waals surface area contributed by atoms with Gasteiger partial charge in [-0.05, 0) is 42.7 Å². The minimum Gasteiger partial charge on any atom is -0.497 e. The maximum Gasteiger partial charge on any atom is 0.254 e. The molecule has 1 amide bonds. The van der Waals surface area contributed by atoms with Crippen molar-refractivity contribution in [3.63, 3.8) is 0 Å². The van der Waals surface area contributed by atoms with Gasteiger partial charge in [-0.25, -0.2) is 9.97 Å². The summed E-state index contributed by atoms with van der Waals surface area (Å²) in [6.45, 7) is 0.678. The smallest absolute Gasteiger partial charge is 0.254 e. The quantitative estimate of drug-likeness (QED) is 0.753. The number of nitrogen functional groups attached to an aromatic ring is 1. The number of benzene rings is 1. The van der Waals surface area contributed by atoms with Gasteiger partial charge in [0.1, 0.15) is 5.75 Å². The largest absolute Gasteiger partial charge is 0.497 e. The monoisotopic (exact) mass is 375 g/mol. The molecule has 1 atom stereocenters. The Labute approximate surface area is 163 Å². The molecule has 0 saturated carbocycles. The van der Waals surface area contributed by atoms with Gasteiger partial charge < -0.3 is 15.4 Å². The Morgan fingerprint density at radius 1 is 1.18 bits per heavy atom. The highest BCUT2D eigenvalue weighted by Gasteiger charge is 2.33. The second kappa shape index (κ2) is 7.64. The SMILES string of the molecule is COc1ccc(-c2cnc(N)nc2[C@H]2CCCN2C(=O)c2ccncc2)cc1. The highest BCUT2D eigenvalue weighted by molar-refractivity contribution is 5.94. The van der Waals surface area contributed by atoms with Crippen LogP contribution in [0.5, 0.6) is 5.75 Å². The normalized spacial score (nSPS) is 16.2. The van der Waals surface area contributed by atoms with Crippen molar-refractivity contribution < 1.29 is 9.53 Å². The maximum absolute atomic E-state index is 13.1. The molecule has 1 aliphatic rings. The molecule has 1 saturated heterocycles. The minimum atomic E-state index is -0.150. The number of anilines is 1. The molecule has 0 radical (unpaired) electrons. The number of carbonyl (C=O) groups is 1. The van der Waals surface area contributed by atoms with Gasteiger partial charge in [0.15, 0.2) is 0 Å². The van der Waals surface area contributed by atoms with E-state index in [0.29, 0.717) is 12.1 Å². The zero-order chi connectivity index (χ0) is 19.5. The summed E-state index contributed by atoms with van der Waals surface area (Å²) in [7, 11) is 1.63. The molecule has 28 heavy (non-hydrogen) atoms. The fraction of sp³-hybridized carbons (Fsp3) is 0.238. The Hall–Kier alpha value is -3.48. The van der Waals surface area contributed by atoms with Crippen LogP contribution in [0, 0.1) is 0 Å². The molecule has 0 bridgehead atoms. The number of likely N-dealkylation sites (tertiary alicyclic amines) is 1. The van der Waals surface area contributed by atoms with Crippen molar-refractivity contribution >= 4 is 11.9 Å². The second-order valence-corrected chi connectivity index (χ2v) is 6.65. The molecule has 7 nitrogen and oxygen atoms in total. The summed E-state index contributed by atoms with van der Waals surface area (Å²) in [6, 6.07) is 11.0. The van der Waals surface area contributed by atoms with Crippen molar-refractivity contribution in [2.45, 2.75) is 18.9 Å². The van der Waals surface area contributed by atoms with Crippen molar-refractivity contribution in [3.8, 4) is 16.9 Å². The van der Waals surface area contributed by atoms with Crippen LogP contribution in [0.4, 0.5) is 5.95 Å². The molecule has 2 aromatic heterocycles. The Morgan fingerprint density at radius 2 is 1.93 bits per heavy atom. The predicted molar refractivity (Wildman–Crippen MR) is 106 cm³/mol. The number of amides is 1. The number of ether oxygens (including phenoxy) is 1. The highest BCUT2D eigenvalue weighted by atomic mass is 16.5. The Balaban J connectivity index is 1.73. The number of aromatic nitrogens is 3. The summed E-state index contributed by atoms with van der Waals surface area (Å²) >= 11 is 0. The van der Waals surface area contributed by atoms with Gasteiger partial charge in [0.2, 0.25) is 5.95 Å². The molecule has 0 aliphatic carbocycles. The molecular weight excluding hydrogens is 354 g/mol. The van der Waals surface area contributed by atoms with Crippen LogP contribution in [-0.4, -0.2) is 39.4 Å². The second-order valence-electron chi connectivity index (χ2n) is 6.65. The van der Waals surface area contributed by atoms with Crippen LogP contribution < -0.4 is 10.5 Å². The molecule has 1 aliphatic heterocycles. The number of nitrogens with two attached hydrogens (primary N) is 1. The van der Waals surface area contributed by atoms with Crippen molar-refractivity contribution in [1.82, 2.24) is 19.9 Å². The van der Waals surface area contributed by atoms with Crippen LogP contribution in [0.3, 0.4) is 0 Å². The van der Waals surface area contributed by atoms with Gasteiger partial charge in [0, 0.05) is 36.3 Å². The molecule has 0 unspecified atom stereocenters. The van der Waals surface area contributed by atoms with E-state index in [4.69, 9.17) is 10.5 Å². The number of carbonyl (C=O) groups excluding carboxylic acids is 1. The van der Waals surface area contributed by atoms with Gasteiger partial charge in [-0.3, -0.25) is 9.78 Å². The molecule has 0 spiro atoms. The summed E-state index contributed by atoms with van der Waals surface area (Å²) < 4.78 is 5.24. The van der Waals surface area contributed by atoms with E-state index in [-0.39, 0.29) is 17.9 Å². The molecule has 4 rings (SSSR count). The van der Waals surface area contributed by atoms with Crippen LogP contribution in [0.25, 0.3) is 11.1 Å². The number of hydrogen-bond acceptors (Lipinski definition) is 6. The molecule has 1 fully saturated rings. The number of rotatable bonds is 4. The maximum atomic E-state index is 13.1. The zero-order valence-corrected chi connectivity index (χ0v) is 15.6. The van der Waals surface area contributed by atoms with E-state index in [9.17, 15) is 4.79 Å². The van der Waals surface area contributed by atoms with Crippen LogP contribution in [0.1, 0.15) is 34.9 Å². The van der Waals surface area contributed by atoms with E-state index in [2.05, 4.69) is 15.0 Å². The lowest BCUT2D eigenvalue weighted by atomic mass is 9.99. The molecular formula is C21H21N5O2. The fourth-order valence-corrected chi connectivity index (χ4v) is 3.61. The Kier molecular flexibility index (Phi) is 4.89. The standard InChI is InChI=1S/C21H21N5O2/c1-28-16-6-4-14(5-7-16)17-13-24-21(22)25-19(17)18-3-2-12-26(18)20(27)15-8-10-23-11-9-15/h4-11,13,18H,2-3,12H2,1H3,(H2,22,24,25)/t18-/m1/s1. The van der Waals surface area contributed by atoms with Gasteiger partial charge in [-0.15, -0.1) is 0 Å². The first-order valence-corrected chi connectivity index (χ1v) is 9.15. The highest BCUT2D eigenvalue weighted by Crippen LogP contribution is 2.37. The molecule has 1 aromatic carbocycles. The van der Waals surface area contributed by atoms with Gasteiger partial charge in [-0.2, -0.15) is 0 Å². The molecule has 3 aromatic rings. The fourth-order valence-electron chi connectivity index (χ4n) is 3.61. The Bertz CT molecular complexity index is 976.